The van der Waals surface area contributed by atoms with Gasteiger partial charge in [0.1, 0.15) is 24.0 Å². The van der Waals surface area contributed by atoms with E-state index in [9.17, 15) is 20.2 Å². The summed E-state index contributed by atoms with van der Waals surface area (Å²) in [6.07, 6.45) is 1.44. The zero-order valence-corrected chi connectivity index (χ0v) is 18.7. The second-order valence-corrected chi connectivity index (χ2v) is 7.76. The number of amides is 1. The van der Waals surface area contributed by atoms with Gasteiger partial charge in [0.2, 0.25) is 0 Å². The summed E-state index contributed by atoms with van der Waals surface area (Å²) >= 11 is 6.31. The SMILES string of the molecule is Cc1ccc(C)c(NC(=O)/C(C#N)=C/c2ccc(OCc3cccc([N+](=O)[O-])c3)c(Cl)c2)c1. The zero-order valence-electron chi connectivity index (χ0n) is 18.0. The first-order chi connectivity index (χ1) is 15.8. The van der Waals surface area contributed by atoms with Gasteiger partial charge in [-0.2, -0.15) is 5.26 Å². The van der Waals surface area contributed by atoms with Gasteiger partial charge in [-0.3, -0.25) is 14.9 Å². The van der Waals surface area contributed by atoms with E-state index >= 15 is 0 Å². The highest BCUT2D eigenvalue weighted by Crippen LogP contribution is 2.28. The summed E-state index contributed by atoms with van der Waals surface area (Å²) in [6.45, 7) is 3.88. The van der Waals surface area contributed by atoms with Crippen molar-refractivity contribution in [3.8, 4) is 11.8 Å². The molecule has 3 aromatic rings. The molecule has 0 unspecified atom stereocenters. The molecule has 0 fully saturated rings. The van der Waals surface area contributed by atoms with Gasteiger partial charge in [0, 0.05) is 17.8 Å². The van der Waals surface area contributed by atoms with E-state index in [1.807, 2.05) is 38.1 Å². The number of hydrogen-bond donors (Lipinski definition) is 1. The Morgan fingerprint density at radius 3 is 2.67 bits per heavy atom. The van der Waals surface area contributed by atoms with Crippen molar-refractivity contribution in [2.45, 2.75) is 20.5 Å². The zero-order chi connectivity index (χ0) is 24.0. The number of benzene rings is 3. The Morgan fingerprint density at radius 1 is 1.18 bits per heavy atom. The van der Waals surface area contributed by atoms with Crippen LogP contribution in [0, 0.1) is 35.3 Å². The number of halogens is 1. The number of nitro benzene ring substituents is 1. The van der Waals surface area contributed by atoms with Gasteiger partial charge in [-0.1, -0.05) is 41.9 Å². The predicted octanol–water partition coefficient (Wildman–Crippen LogP) is 5.99. The van der Waals surface area contributed by atoms with Crippen LogP contribution >= 0.6 is 11.6 Å². The molecule has 7 nitrogen and oxygen atoms in total. The molecule has 0 heterocycles. The van der Waals surface area contributed by atoms with E-state index in [1.165, 1.54) is 18.2 Å². The molecule has 0 bridgehead atoms. The number of carbonyl (C=O) groups excluding carboxylic acids is 1. The molecule has 0 saturated heterocycles. The van der Waals surface area contributed by atoms with Crippen LogP contribution in [-0.2, 0) is 11.4 Å². The highest BCUT2D eigenvalue weighted by atomic mass is 35.5. The maximum Gasteiger partial charge on any atom is 0.269 e. The quantitative estimate of drug-likeness (QED) is 0.201. The molecule has 1 N–H and O–H groups in total. The maximum absolute atomic E-state index is 12.6. The van der Waals surface area contributed by atoms with Crippen molar-refractivity contribution in [1.29, 1.82) is 5.26 Å². The number of nitrogens with one attached hydrogen (secondary N) is 1. The van der Waals surface area contributed by atoms with Crippen molar-refractivity contribution >= 4 is 35.0 Å². The topological polar surface area (TPSA) is 105 Å². The van der Waals surface area contributed by atoms with Crippen LogP contribution in [0.3, 0.4) is 0 Å². The van der Waals surface area contributed by atoms with Crippen LogP contribution in [0.2, 0.25) is 5.02 Å². The average molecular weight is 462 g/mol. The minimum Gasteiger partial charge on any atom is -0.487 e. The van der Waals surface area contributed by atoms with Gasteiger partial charge in [0.05, 0.1) is 9.95 Å². The first-order valence-corrected chi connectivity index (χ1v) is 10.3. The van der Waals surface area contributed by atoms with Crippen molar-refractivity contribution in [3.05, 3.63) is 104 Å². The van der Waals surface area contributed by atoms with E-state index in [-0.39, 0.29) is 22.9 Å². The second kappa shape index (κ2) is 10.4. The summed E-state index contributed by atoms with van der Waals surface area (Å²) < 4.78 is 5.68. The van der Waals surface area contributed by atoms with Crippen LogP contribution < -0.4 is 10.1 Å². The molecule has 0 spiro atoms. The van der Waals surface area contributed by atoms with Crippen LogP contribution in [0.15, 0.2) is 66.2 Å². The molecule has 3 aromatic carbocycles. The summed E-state index contributed by atoms with van der Waals surface area (Å²) in [6, 6.07) is 18.6. The Bertz CT molecular complexity index is 1300. The lowest BCUT2D eigenvalue weighted by atomic mass is 10.1. The fraction of sp³-hybridized carbons (Fsp3) is 0.120. The number of carbonyl (C=O) groups is 1. The molecule has 0 saturated carbocycles. The Labute approximate surface area is 196 Å². The van der Waals surface area contributed by atoms with Crippen molar-refractivity contribution in [1.82, 2.24) is 0 Å². The number of nitrogens with zero attached hydrogens (tertiary/aromatic N) is 2. The van der Waals surface area contributed by atoms with Crippen LogP contribution in [0.5, 0.6) is 5.75 Å². The number of hydrogen-bond acceptors (Lipinski definition) is 5. The second-order valence-electron chi connectivity index (χ2n) is 7.35. The molecule has 0 aromatic heterocycles. The van der Waals surface area contributed by atoms with Gasteiger partial charge in [0.25, 0.3) is 11.6 Å². The lowest BCUT2D eigenvalue weighted by Crippen LogP contribution is -2.14. The van der Waals surface area contributed by atoms with Gasteiger partial charge < -0.3 is 10.1 Å². The summed E-state index contributed by atoms with van der Waals surface area (Å²) in [5, 5.41) is 23.4. The molecule has 0 aliphatic carbocycles. The van der Waals surface area contributed by atoms with E-state index in [0.29, 0.717) is 22.6 Å². The third kappa shape index (κ3) is 6.19. The largest absolute Gasteiger partial charge is 0.487 e. The number of nitro groups is 1. The van der Waals surface area contributed by atoms with Gasteiger partial charge in [-0.25, -0.2) is 0 Å². The van der Waals surface area contributed by atoms with Crippen LogP contribution in [-0.4, -0.2) is 10.8 Å². The normalized spacial score (nSPS) is 10.9. The fourth-order valence-electron chi connectivity index (χ4n) is 3.02. The van der Waals surface area contributed by atoms with Gasteiger partial charge >= 0.3 is 0 Å². The summed E-state index contributed by atoms with van der Waals surface area (Å²) in [7, 11) is 0. The van der Waals surface area contributed by atoms with E-state index in [4.69, 9.17) is 16.3 Å². The van der Waals surface area contributed by atoms with Crippen LogP contribution in [0.1, 0.15) is 22.3 Å². The van der Waals surface area contributed by atoms with Crippen molar-refractivity contribution in [3.63, 3.8) is 0 Å². The highest BCUT2D eigenvalue weighted by Gasteiger charge is 2.12. The van der Waals surface area contributed by atoms with Gasteiger partial charge in [-0.05, 0) is 60.4 Å². The van der Waals surface area contributed by atoms with Crippen molar-refractivity contribution in [2.75, 3.05) is 5.32 Å². The minimum atomic E-state index is -0.520. The molecule has 0 atom stereocenters. The van der Waals surface area contributed by atoms with E-state index in [0.717, 1.165) is 11.1 Å². The molecule has 33 heavy (non-hydrogen) atoms. The lowest BCUT2D eigenvalue weighted by Gasteiger charge is -2.10. The summed E-state index contributed by atoms with van der Waals surface area (Å²) in [4.78, 5) is 23.0. The summed E-state index contributed by atoms with van der Waals surface area (Å²) in [5.41, 5.74) is 3.60. The Hall–Kier alpha value is -4.15. The standard InChI is InChI=1S/C25H20ClN3O4/c1-16-6-7-17(2)23(10-16)28-25(30)20(14-27)11-18-8-9-24(22(26)13-18)33-15-19-4-3-5-21(12-19)29(31)32/h3-13H,15H2,1-2H3,(H,28,30)/b20-11+. The average Bonchev–Trinajstić information content (AvgIpc) is 2.79. The molecule has 3 rings (SSSR count). The number of non-ortho nitro benzene ring substituents is 1. The lowest BCUT2D eigenvalue weighted by molar-refractivity contribution is -0.384. The van der Waals surface area contributed by atoms with Crippen LogP contribution in [0.25, 0.3) is 6.08 Å². The molecule has 0 aliphatic rings. The highest BCUT2D eigenvalue weighted by molar-refractivity contribution is 6.32. The molecule has 0 aliphatic heterocycles. The Kier molecular flexibility index (Phi) is 7.44. The minimum absolute atomic E-state index is 0.0224. The smallest absolute Gasteiger partial charge is 0.269 e. The van der Waals surface area contributed by atoms with E-state index in [1.54, 1.807) is 30.3 Å². The first-order valence-electron chi connectivity index (χ1n) is 9.93. The summed E-state index contributed by atoms with van der Waals surface area (Å²) in [5.74, 6) is -0.146. The molecule has 8 heteroatoms. The predicted molar refractivity (Wildman–Crippen MR) is 127 cm³/mol. The number of nitriles is 1. The molecule has 166 valence electrons. The number of rotatable bonds is 7. The monoisotopic (exact) mass is 461 g/mol. The molecular formula is C25H20ClN3O4. The van der Waals surface area contributed by atoms with Gasteiger partial charge in [-0.15, -0.1) is 0 Å². The first kappa shape index (κ1) is 23.5. The molecular weight excluding hydrogens is 442 g/mol. The van der Waals surface area contributed by atoms with Crippen molar-refractivity contribution < 1.29 is 14.5 Å². The number of aryl methyl sites for hydroxylation is 2. The Balaban J connectivity index is 1.73. The number of anilines is 1. The Morgan fingerprint density at radius 2 is 1.97 bits per heavy atom. The fourth-order valence-corrected chi connectivity index (χ4v) is 3.26. The van der Waals surface area contributed by atoms with Crippen LogP contribution in [0.4, 0.5) is 11.4 Å². The number of ether oxygens (including phenoxy) is 1. The van der Waals surface area contributed by atoms with Crippen molar-refractivity contribution in [2.24, 2.45) is 0 Å². The third-order valence-corrected chi connectivity index (χ3v) is 5.08. The molecule has 1 amide bonds. The van der Waals surface area contributed by atoms with Gasteiger partial charge in [0.15, 0.2) is 0 Å². The molecule has 0 radical (unpaired) electrons. The maximum atomic E-state index is 12.6. The van der Waals surface area contributed by atoms with E-state index < -0.39 is 10.8 Å². The van der Waals surface area contributed by atoms with E-state index in [2.05, 4.69) is 5.32 Å². The third-order valence-electron chi connectivity index (χ3n) is 4.79.